The smallest absolute Gasteiger partial charge is 0.370 e. The van der Waals surface area contributed by atoms with E-state index in [2.05, 4.69) is 52.0 Å². The maximum atomic E-state index is 13.0. The molecule has 56 heavy (non-hydrogen) atoms. The third-order valence-electron chi connectivity index (χ3n) is 7.72. The zero-order valence-corrected chi connectivity index (χ0v) is 36.1. The molecule has 0 fully saturated rings. The molecule has 11 heteroatoms. The summed E-state index contributed by atoms with van der Waals surface area (Å²) in [6.45, 7) is 17.7. The standard InChI is InChI=1S/C22H38N2OS.C9H11F.C9H11NO.C3H6O.C2H3F3/c1-5-9-21(10-6-2)26-17-18(4)22(25)24(14-13-23)16-20-12-8-11-19(7-3)15-20;1-3-8-4-7(2)5-9(10)6-8;10-9(11)7-6-8-4-2-1-3-5-8;1-3(2)4;1-2(3,4)5/h8,11-12,15,18,21H,5-7,9-10,13-14,16-17,23H2,1-4H3;4-6H,3H2,1-2H3;1-5H,6-7H2,(H2,10,11);1-2H3;1H3. The van der Waals surface area contributed by atoms with Gasteiger partial charge in [-0.3, -0.25) is 9.59 Å². The third-order valence-corrected chi connectivity index (χ3v) is 9.36. The predicted molar refractivity (Wildman–Crippen MR) is 228 cm³/mol. The number of nitrogens with zero attached hydrogens (tertiary/aromatic N) is 1. The molecule has 0 radical (unpaired) electrons. The normalized spacial score (nSPS) is 10.9. The van der Waals surface area contributed by atoms with Crippen LogP contribution < -0.4 is 11.5 Å². The number of thioether (sulfide) groups is 1. The Kier molecular flexibility index (Phi) is 31.5. The van der Waals surface area contributed by atoms with Crippen LogP contribution in [-0.4, -0.2) is 52.8 Å². The van der Waals surface area contributed by atoms with E-state index in [1.165, 1.54) is 50.7 Å². The number of carbonyl (C=O) groups is 3. The van der Waals surface area contributed by atoms with E-state index in [9.17, 15) is 31.9 Å². The Labute approximate surface area is 339 Å². The Balaban J connectivity index is 0. The van der Waals surface area contributed by atoms with Crippen LogP contribution in [0.4, 0.5) is 17.6 Å². The number of halogens is 4. The van der Waals surface area contributed by atoms with E-state index in [4.69, 9.17) is 11.5 Å². The number of nitrogens with two attached hydrogens (primary N) is 2. The van der Waals surface area contributed by atoms with Gasteiger partial charge in [-0.05, 0) is 92.8 Å². The van der Waals surface area contributed by atoms with Crippen LogP contribution in [0.5, 0.6) is 0 Å². The lowest BCUT2D eigenvalue weighted by Gasteiger charge is -2.26. The van der Waals surface area contributed by atoms with Crippen molar-refractivity contribution in [1.82, 2.24) is 4.90 Å². The predicted octanol–water partition coefficient (Wildman–Crippen LogP) is 10.8. The summed E-state index contributed by atoms with van der Waals surface area (Å²) in [6.07, 6.45) is 4.02. The van der Waals surface area contributed by atoms with Gasteiger partial charge >= 0.3 is 6.18 Å². The molecule has 3 rings (SSSR count). The van der Waals surface area contributed by atoms with Crippen LogP contribution in [0, 0.1) is 18.7 Å². The van der Waals surface area contributed by atoms with Gasteiger partial charge in [0.05, 0.1) is 0 Å². The molecule has 0 aromatic heterocycles. The van der Waals surface area contributed by atoms with Gasteiger partial charge in [-0.2, -0.15) is 24.9 Å². The number of hydrogen-bond donors (Lipinski definition) is 2. The zero-order chi connectivity index (χ0) is 43.1. The highest BCUT2D eigenvalue weighted by Gasteiger charge is 2.22. The first-order chi connectivity index (χ1) is 26.3. The molecule has 4 N–H and O–H groups in total. The van der Waals surface area contributed by atoms with Crippen LogP contribution in [0.2, 0.25) is 0 Å². The molecule has 0 spiro atoms. The maximum absolute atomic E-state index is 13.0. The van der Waals surface area contributed by atoms with Gasteiger partial charge in [-0.25, -0.2) is 4.39 Å². The van der Waals surface area contributed by atoms with E-state index in [1.807, 2.05) is 66.9 Å². The fraction of sp³-hybridized carbons (Fsp3) is 0.533. The number of aryl methyl sites for hydroxylation is 4. The van der Waals surface area contributed by atoms with E-state index < -0.39 is 6.18 Å². The molecular weight excluding hydrogens is 739 g/mol. The lowest BCUT2D eigenvalue weighted by Crippen LogP contribution is -2.39. The van der Waals surface area contributed by atoms with Gasteiger partial charge in [0.1, 0.15) is 11.6 Å². The molecule has 0 heterocycles. The topological polar surface area (TPSA) is 106 Å². The third kappa shape index (κ3) is 32.5. The van der Waals surface area contributed by atoms with Crippen molar-refractivity contribution < 1.29 is 31.9 Å². The highest BCUT2D eigenvalue weighted by Crippen LogP contribution is 2.25. The molecule has 0 aliphatic heterocycles. The van der Waals surface area contributed by atoms with Crippen molar-refractivity contribution in [2.75, 3.05) is 18.8 Å². The quantitative estimate of drug-likeness (QED) is 0.132. The molecule has 1 atom stereocenters. The Morgan fingerprint density at radius 3 is 1.79 bits per heavy atom. The number of rotatable bonds is 17. The summed E-state index contributed by atoms with van der Waals surface area (Å²) in [5.41, 5.74) is 16.5. The van der Waals surface area contributed by atoms with Crippen LogP contribution in [0.3, 0.4) is 0 Å². The van der Waals surface area contributed by atoms with Gasteiger partial charge in [0.15, 0.2) is 0 Å². The minimum atomic E-state index is -4.00. The van der Waals surface area contributed by atoms with E-state index in [0.717, 1.165) is 41.7 Å². The number of alkyl halides is 3. The number of Topliss-reactive ketones (excluding diaryl/α,β-unsaturated/α-hetero) is 1. The summed E-state index contributed by atoms with van der Waals surface area (Å²) >= 11 is 1.98. The first-order valence-corrected chi connectivity index (χ1v) is 20.6. The monoisotopic (exact) mass is 807 g/mol. The average Bonchev–Trinajstić information content (AvgIpc) is 3.12. The van der Waals surface area contributed by atoms with Gasteiger partial charge in [-0.1, -0.05) is 108 Å². The van der Waals surface area contributed by atoms with Crippen molar-refractivity contribution in [3.05, 3.63) is 106 Å². The molecule has 0 aliphatic rings. The minimum Gasteiger partial charge on any atom is -0.370 e. The second kappa shape index (κ2) is 32.4. The molecule has 0 saturated carbocycles. The van der Waals surface area contributed by atoms with E-state index >= 15 is 0 Å². The molecule has 316 valence electrons. The Morgan fingerprint density at radius 1 is 0.804 bits per heavy atom. The van der Waals surface area contributed by atoms with E-state index in [-0.39, 0.29) is 36.3 Å². The molecule has 0 saturated heterocycles. The summed E-state index contributed by atoms with van der Waals surface area (Å²) < 4.78 is 43.7. The summed E-state index contributed by atoms with van der Waals surface area (Å²) in [4.78, 5) is 34.8. The molecule has 0 bridgehead atoms. The second-order valence-electron chi connectivity index (χ2n) is 13.8. The van der Waals surface area contributed by atoms with Crippen molar-refractivity contribution >= 4 is 29.4 Å². The van der Waals surface area contributed by atoms with Crippen LogP contribution in [0.15, 0.2) is 72.8 Å². The van der Waals surface area contributed by atoms with Gasteiger partial charge < -0.3 is 21.2 Å². The van der Waals surface area contributed by atoms with Crippen molar-refractivity contribution in [1.29, 1.82) is 0 Å². The summed E-state index contributed by atoms with van der Waals surface area (Å²) in [5, 5.41) is 0.685. The van der Waals surface area contributed by atoms with Crippen molar-refractivity contribution in [2.45, 2.75) is 132 Å². The maximum Gasteiger partial charge on any atom is 0.386 e. The van der Waals surface area contributed by atoms with E-state index in [1.54, 1.807) is 12.1 Å². The molecule has 2 amide bonds. The zero-order valence-electron chi connectivity index (χ0n) is 35.3. The minimum absolute atomic E-state index is 0.0390. The fourth-order valence-corrected chi connectivity index (χ4v) is 6.65. The highest BCUT2D eigenvalue weighted by atomic mass is 32.2. The molecule has 1 unspecified atom stereocenters. The molecule has 0 aliphatic carbocycles. The van der Waals surface area contributed by atoms with Crippen molar-refractivity contribution in [2.24, 2.45) is 17.4 Å². The first kappa shape index (κ1) is 54.4. The van der Waals surface area contributed by atoms with Crippen LogP contribution >= 0.6 is 11.8 Å². The van der Waals surface area contributed by atoms with Crippen LogP contribution in [0.1, 0.15) is 115 Å². The van der Waals surface area contributed by atoms with Crippen LogP contribution in [-0.2, 0) is 40.2 Å². The summed E-state index contributed by atoms with van der Waals surface area (Å²) in [7, 11) is 0. The molecule has 6 nitrogen and oxygen atoms in total. The number of benzene rings is 3. The largest absolute Gasteiger partial charge is 0.386 e. The van der Waals surface area contributed by atoms with Crippen molar-refractivity contribution in [3.8, 4) is 0 Å². The van der Waals surface area contributed by atoms with Crippen LogP contribution in [0.25, 0.3) is 0 Å². The van der Waals surface area contributed by atoms with Gasteiger partial charge in [0.25, 0.3) is 0 Å². The second-order valence-corrected chi connectivity index (χ2v) is 15.1. The SMILES string of the molecule is CC(C)=O.CC(F)(F)F.CCCC(CCC)SCC(C)C(=O)N(CCN)Cc1cccc(CC)c1.CCc1cc(C)cc(F)c1.NC(=O)CCc1ccccc1. The fourth-order valence-electron chi connectivity index (χ4n) is 5.14. The number of hydrogen-bond acceptors (Lipinski definition) is 5. The summed E-state index contributed by atoms with van der Waals surface area (Å²) in [6, 6.07) is 23.5. The average molecular weight is 808 g/mol. The Bertz CT molecular complexity index is 1450. The summed E-state index contributed by atoms with van der Waals surface area (Å²) in [5.74, 6) is 0.971. The number of primary amides is 1. The van der Waals surface area contributed by atoms with Gasteiger partial charge in [-0.15, -0.1) is 0 Å². The number of amides is 2. The highest BCUT2D eigenvalue weighted by molar-refractivity contribution is 7.99. The Hall–Kier alpha value is -3.70. The van der Waals surface area contributed by atoms with E-state index in [0.29, 0.717) is 31.3 Å². The Morgan fingerprint density at radius 2 is 1.32 bits per heavy atom. The van der Waals surface area contributed by atoms with Crippen molar-refractivity contribution in [3.63, 3.8) is 0 Å². The molecular formula is C45H69F4N3O3S. The number of carbonyl (C=O) groups excluding carboxylic acids is 3. The molecule has 3 aromatic carbocycles. The number of ketones is 1. The first-order valence-electron chi connectivity index (χ1n) is 19.6. The lowest BCUT2D eigenvalue weighted by molar-refractivity contribution is -0.134. The van der Waals surface area contributed by atoms with Gasteiger partial charge in [0.2, 0.25) is 11.8 Å². The lowest BCUT2D eigenvalue weighted by atomic mass is 10.1. The van der Waals surface area contributed by atoms with Gasteiger partial charge in [0, 0.05) is 49.9 Å². The molecule has 3 aromatic rings.